The predicted molar refractivity (Wildman–Crippen MR) is 146 cm³/mol. The Labute approximate surface area is 221 Å². The van der Waals surface area contributed by atoms with E-state index in [4.69, 9.17) is 14.2 Å². The summed E-state index contributed by atoms with van der Waals surface area (Å²) in [6, 6.07) is 3.71. The van der Waals surface area contributed by atoms with Gasteiger partial charge in [-0.3, -0.25) is 9.59 Å². The van der Waals surface area contributed by atoms with E-state index >= 15 is 0 Å². The van der Waals surface area contributed by atoms with Crippen LogP contribution in [0.3, 0.4) is 0 Å². The van der Waals surface area contributed by atoms with E-state index in [1.807, 2.05) is 17.0 Å². The molecule has 1 aromatic carbocycles. The number of nitrogens with zero attached hydrogens (tertiary/aromatic N) is 3. The molecule has 4 aromatic rings. The van der Waals surface area contributed by atoms with Crippen molar-refractivity contribution >= 4 is 60.5 Å². The SMILES string of the molecule is COCCN(CCOC)C(=O)C1CCc2c(sc3ncnc(Nc4cc5sc(=O)[nH]c5cc4OC)c23)C1. The lowest BCUT2D eigenvalue weighted by atomic mass is 9.87. The van der Waals surface area contributed by atoms with E-state index in [1.54, 1.807) is 39.0 Å². The predicted octanol–water partition coefficient (Wildman–Crippen LogP) is 3.57. The van der Waals surface area contributed by atoms with Crippen molar-refractivity contribution in [1.29, 1.82) is 0 Å². The number of carbonyl (C=O) groups excluding carboxylic acids is 1. The van der Waals surface area contributed by atoms with Gasteiger partial charge in [0.05, 0.1) is 41.6 Å². The van der Waals surface area contributed by atoms with Gasteiger partial charge in [-0.25, -0.2) is 9.97 Å². The van der Waals surface area contributed by atoms with Crippen molar-refractivity contribution in [3.05, 3.63) is 38.6 Å². The number of methoxy groups -OCH3 is 3. The van der Waals surface area contributed by atoms with Gasteiger partial charge < -0.3 is 29.4 Å². The highest BCUT2D eigenvalue weighted by Crippen LogP contribution is 2.42. The maximum Gasteiger partial charge on any atom is 0.305 e. The number of hydrogen-bond donors (Lipinski definition) is 2. The van der Waals surface area contributed by atoms with Gasteiger partial charge in [-0.15, -0.1) is 11.3 Å². The Hall–Kier alpha value is -3.06. The van der Waals surface area contributed by atoms with Crippen LogP contribution in [0.1, 0.15) is 16.9 Å². The summed E-state index contributed by atoms with van der Waals surface area (Å²) in [6.45, 7) is 2.09. The third-order valence-electron chi connectivity index (χ3n) is 6.63. The number of fused-ring (bicyclic) bond motifs is 4. The van der Waals surface area contributed by atoms with Crippen LogP contribution in [-0.2, 0) is 27.1 Å². The van der Waals surface area contributed by atoms with Gasteiger partial charge in [0, 0.05) is 44.2 Å². The van der Waals surface area contributed by atoms with Crippen LogP contribution in [-0.4, -0.2) is 73.4 Å². The Morgan fingerprint density at radius 2 is 1.95 bits per heavy atom. The van der Waals surface area contributed by atoms with Crippen molar-refractivity contribution in [3.8, 4) is 5.75 Å². The highest BCUT2D eigenvalue weighted by Gasteiger charge is 2.31. The fraction of sp³-hybridized carbons (Fsp3) is 0.440. The van der Waals surface area contributed by atoms with Crippen LogP contribution in [0.15, 0.2) is 23.3 Å². The van der Waals surface area contributed by atoms with Gasteiger partial charge in [-0.1, -0.05) is 11.3 Å². The fourth-order valence-electron chi connectivity index (χ4n) is 4.78. The molecule has 0 fully saturated rings. The van der Waals surface area contributed by atoms with Crippen molar-refractivity contribution in [2.45, 2.75) is 19.3 Å². The zero-order valence-corrected chi connectivity index (χ0v) is 22.6. The number of thiazole rings is 1. The maximum absolute atomic E-state index is 13.4. The summed E-state index contributed by atoms with van der Waals surface area (Å²) in [4.78, 5) is 40.9. The highest BCUT2D eigenvalue weighted by atomic mass is 32.1. The number of anilines is 2. The van der Waals surface area contributed by atoms with Crippen molar-refractivity contribution in [3.63, 3.8) is 0 Å². The Balaban J connectivity index is 1.43. The van der Waals surface area contributed by atoms with Crippen LogP contribution in [0.4, 0.5) is 11.5 Å². The number of amides is 1. The van der Waals surface area contributed by atoms with Gasteiger partial charge in [0.15, 0.2) is 0 Å². The van der Waals surface area contributed by atoms with E-state index < -0.39 is 0 Å². The second kappa shape index (κ2) is 11.1. The van der Waals surface area contributed by atoms with E-state index in [2.05, 4.69) is 20.3 Å². The molecule has 1 amide bonds. The zero-order chi connectivity index (χ0) is 25.9. The summed E-state index contributed by atoms with van der Waals surface area (Å²) < 4.78 is 16.8. The molecule has 10 nitrogen and oxygen atoms in total. The molecular formula is C25H29N5O5S2. The number of ether oxygens (including phenoxy) is 3. The number of aromatic nitrogens is 3. The number of thiophene rings is 1. The lowest BCUT2D eigenvalue weighted by Gasteiger charge is -2.29. The number of benzene rings is 1. The van der Waals surface area contributed by atoms with E-state index in [0.717, 1.165) is 50.3 Å². The minimum Gasteiger partial charge on any atom is -0.494 e. The van der Waals surface area contributed by atoms with E-state index in [9.17, 15) is 9.59 Å². The van der Waals surface area contributed by atoms with Crippen LogP contribution in [0.2, 0.25) is 0 Å². The van der Waals surface area contributed by atoms with Gasteiger partial charge in [-0.05, 0) is 30.9 Å². The molecule has 0 radical (unpaired) electrons. The number of aryl methyl sites for hydroxylation is 1. The molecule has 0 bridgehead atoms. The van der Waals surface area contributed by atoms with Crippen LogP contribution in [0.25, 0.3) is 20.4 Å². The standard InChI is InChI=1S/C25H29N5O5S2/c1-33-8-6-30(7-9-34-2)24(31)14-4-5-15-19(10-14)36-23-21(15)22(26-13-27-23)28-16-12-20-17(11-18(16)35-3)29-25(32)37-20/h11-14H,4-10H2,1-3H3,(H,29,32)(H,26,27,28). The normalized spacial score (nSPS) is 15.2. The topological polar surface area (TPSA) is 119 Å². The summed E-state index contributed by atoms with van der Waals surface area (Å²) in [5.41, 5.74) is 2.65. The van der Waals surface area contributed by atoms with Gasteiger partial charge in [-0.2, -0.15) is 0 Å². The van der Waals surface area contributed by atoms with Gasteiger partial charge >= 0.3 is 4.87 Å². The van der Waals surface area contributed by atoms with E-state index in [1.165, 1.54) is 10.4 Å². The molecule has 2 N–H and O–H groups in total. The number of aromatic amines is 1. The average Bonchev–Trinajstić information content (AvgIpc) is 3.46. The molecule has 37 heavy (non-hydrogen) atoms. The Kier molecular flexibility index (Phi) is 7.70. The lowest BCUT2D eigenvalue weighted by molar-refractivity contribution is -0.137. The van der Waals surface area contributed by atoms with Crippen molar-refractivity contribution in [2.24, 2.45) is 5.92 Å². The molecular weight excluding hydrogens is 514 g/mol. The van der Waals surface area contributed by atoms with Gasteiger partial charge in [0.25, 0.3) is 0 Å². The number of carbonyl (C=O) groups is 1. The molecule has 0 saturated carbocycles. The highest BCUT2D eigenvalue weighted by molar-refractivity contribution is 7.19. The summed E-state index contributed by atoms with van der Waals surface area (Å²) in [5.74, 6) is 1.35. The smallest absolute Gasteiger partial charge is 0.305 e. The monoisotopic (exact) mass is 543 g/mol. The third kappa shape index (κ3) is 5.19. The number of hydrogen-bond acceptors (Lipinski definition) is 10. The third-order valence-corrected chi connectivity index (χ3v) is 8.64. The molecule has 1 atom stereocenters. The molecule has 1 unspecified atom stereocenters. The number of nitrogens with one attached hydrogen (secondary N) is 2. The molecule has 0 aliphatic heterocycles. The minimum absolute atomic E-state index is 0.0856. The van der Waals surface area contributed by atoms with Crippen LogP contribution in [0, 0.1) is 5.92 Å². The zero-order valence-electron chi connectivity index (χ0n) is 21.0. The number of H-pyrrole nitrogens is 1. The average molecular weight is 544 g/mol. The first-order chi connectivity index (χ1) is 18.0. The Morgan fingerprint density at radius 3 is 2.68 bits per heavy atom. The van der Waals surface area contributed by atoms with Crippen molar-refractivity contribution in [2.75, 3.05) is 52.9 Å². The first-order valence-electron chi connectivity index (χ1n) is 12.0. The molecule has 196 valence electrons. The Bertz CT molecular complexity index is 1470. The largest absolute Gasteiger partial charge is 0.494 e. The first-order valence-corrected chi connectivity index (χ1v) is 13.7. The molecule has 12 heteroatoms. The van der Waals surface area contributed by atoms with Crippen molar-refractivity contribution in [1.82, 2.24) is 19.9 Å². The first kappa shape index (κ1) is 25.6. The molecule has 0 spiro atoms. The summed E-state index contributed by atoms with van der Waals surface area (Å²) >= 11 is 2.77. The quantitative estimate of drug-likeness (QED) is 0.312. The molecule has 5 rings (SSSR count). The second-order valence-corrected chi connectivity index (χ2v) is 10.9. The Morgan fingerprint density at radius 1 is 1.16 bits per heavy atom. The molecule has 1 aliphatic rings. The van der Waals surface area contributed by atoms with Gasteiger partial charge in [0.1, 0.15) is 22.7 Å². The maximum atomic E-state index is 13.4. The van der Waals surface area contributed by atoms with Crippen molar-refractivity contribution < 1.29 is 19.0 Å². The van der Waals surface area contributed by atoms with Crippen LogP contribution >= 0.6 is 22.7 Å². The minimum atomic E-state index is -0.113. The molecule has 3 heterocycles. The fourth-order valence-corrected chi connectivity index (χ4v) is 6.81. The molecule has 1 aliphatic carbocycles. The summed E-state index contributed by atoms with van der Waals surface area (Å²) in [7, 11) is 4.88. The number of rotatable bonds is 10. The van der Waals surface area contributed by atoms with Gasteiger partial charge in [0.2, 0.25) is 5.91 Å². The summed E-state index contributed by atoms with van der Waals surface area (Å²) in [6.07, 6.45) is 3.75. The van der Waals surface area contributed by atoms with E-state index in [0.29, 0.717) is 44.3 Å². The van der Waals surface area contributed by atoms with Crippen LogP contribution in [0.5, 0.6) is 5.75 Å². The molecule has 3 aromatic heterocycles. The summed E-state index contributed by atoms with van der Waals surface area (Å²) in [5, 5.41) is 4.40. The molecule has 0 saturated heterocycles. The van der Waals surface area contributed by atoms with Crippen LogP contribution < -0.4 is 14.9 Å². The lowest BCUT2D eigenvalue weighted by Crippen LogP contribution is -2.41. The second-order valence-electron chi connectivity index (χ2n) is 8.84. The van der Waals surface area contributed by atoms with E-state index in [-0.39, 0.29) is 16.7 Å².